The summed E-state index contributed by atoms with van der Waals surface area (Å²) in [5, 5.41) is 11.7. The third-order valence-electron chi connectivity index (χ3n) is 2.71. The van der Waals surface area contributed by atoms with Gasteiger partial charge in [0, 0.05) is 11.1 Å². The van der Waals surface area contributed by atoms with Gasteiger partial charge in [0.25, 0.3) is 5.89 Å². The summed E-state index contributed by atoms with van der Waals surface area (Å²) in [6, 6.07) is 7.74. The number of hydrogen-bond donors (Lipinski definition) is 0. The molecule has 0 fully saturated rings. The fraction of sp³-hybridized carbons (Fsp3) is 0.286. The predicted molar refractivity (Wildman–Crippen MR) is 77.2 cm³/mol. The SMILES string of the molecule is CC(C)Cc1ccc(-c2nc(-c3cccnn3)no2)s1. The van der Waals surface area contributed by atoms with Crippen molar-refractivity contribution >= 4 is 11.3 Å². The van der Waals surface area contributed by atoms with E-state index >= 15 is 0 Å². The van der Waals surface area contributed by atoms with Gasteiger partial charge in [-0.25, -0.2) is 0 Å². The van der Waals surface area contributed by atoms with Crippen molar-refractivity contribution in [2.45, 2.75) is 20.3 Å². The lowest BCUT2D eigenvalue weighted by molar-refractivity contribution is 0.433. The van der Waals surface area contributed by atoms with Crippen LogP contribution in [0.3, 0.4) is 0 Å². The van der Waals surface area contributed by atoms with Crippen molar-refractivity contribution < 1.29 is 4.52 Å². The lowest BCUT2D eigenvalue weighted by Gasteiger charge is -1.99. The Balaban J connectivity index is 1.85. The van der Waals surface area contributed by atoms with Gasteiger partial charge in [0.2, 0.25) is 5.82 Å². The second-order valence-corrected chi connectivity index (χ2v) is 6.06. The minimum Gasteiger partial charge on any atom is -0.333 e. The summed E-state index contributed by atoms with van der Waals surface area (Å²) in [4.78, 5) is 6.69. The van der Waals surface area contributed by atoms with Gasteiger partial charge in [-0.05, 0) is 36.6 Å². The maximum atomic E-state index is 5.30. The second kappa shape index (κ2) is 5.50. The highest BCUT2D eigenvalue weighted by atomic mass is 32.1. The molecule has 3 aromatic rings. The zero-order valence-corrected chi connectivity index (χ0v) is 12.1. The quantitative estimate of drug-likeness (QED) is 0.735. The standard InChI is InChI=1S/C14H14N4OS/c1-9(2)8-10-5-6-12(20-10)14-16-13(18-19-14)11-4-3-7-15-17-11/h3-7,9H,8H2,1-2H3. The molecule has 0 aliphatic rings. The van der Waals surface area contributed by atoms with Crippen LogP contribution < -0.4 is 0 Å². The molecule has 0 bridgehead atoms. The van der Waals surface area contributed by atoms with Gasteiger partial charge in [-0.2, -0.15) is 10.1 Å². The molecule has 0 N–H and O–H groups in total. The van der Waals surface area contributed by atoms with Crippen LogP contribution in [0.4, 0.5) is 0 Å². The fourth-order valence-electron chi connectivity index (χ4n) is 1.85. The van der Waals surface area contributed by atoms with Crippen LogP contribution in [0.5, 0.6) is 0 Å². The van der Waals surface area contributed by atoms with Crippen molar-refractivity contribution in [1.82, 2.24) is 20.3 Å². The first kappa shape index (κ1) is 12.9. The number of thiophene rings is 1. The topological polar surface area (TPSA) is 64.7 Å². The molecule has 102 valence electrons. The molecule has 0 aromatic carbocycles. The van der Waals surface area contributed by atoms with Crippen molar-refractivity contribution in [3.8, 4) is 22.3 Å². The first-order valence-corrected chi connectivity index (χ1v) is 7.25. The Kier molecular flexibility index (Phi) is 3.56. The highest BCUT2D eigenvalue weighted by Gasteiger charge is 2.13. The van der Waals surface area contributed by atoms with Gasteiger partial charge in [-0.1, -0.05) is 19.0 Å². The summed E-state index contributed by atoms with van der Waals surface area (Å²) in [7, 11) is 0. The van der Waals surface area contributed by atoms with E-state index in [1.54, 1.807) is 29.7 Å². The molecule has 6 heteroatoms. The minimum absolute atomic E-state index is 0.465. The Labute approximate surface area is 120 Å². The molecule has 3 rings (SSSR count). The smallest absolute Gasteiger partial charge is 0.268 e. The van der Waals surface area contributed by atoms with E-state index in [0.29, 0.717) is 23.3 Å². The average Bonchev–Trinajstić information content (AvgIpc) is 3.07. The zero-order valence-electron chi connectivity index (χ0n) is 11.3. The third-order valence-corrected chi connectivity index (χ3v) is 3.80. The van der Waals surface area contributed by atoms with Crippen molar-refractivity contribution in [1.29, 1.82) is 0 Å². The lowest BCUT2D eigenvalue weighted by Crippen LogP contribution is -1.89. The van der Waals surface area contributed by atoms with Crippen LogP contribution in [-0.2, 0) is 6.42 Å². The van der Waals surface area contributed by atoms with E-state index in [1.165, 1.54) is 4.88 Å². The summed E-state index contributed by atoms with van der Waals surface area (Å²) in [5.41, 5.74) is 0.612. The van der Waals surface area contributed by atoms with Crippen molar-refractivity contribution in [3.63, 3.8) is 0 Å². The van der Waals surface area contributed by atoms with Gasteiger partial charge in [-0.3, -0.25) is 0 Å². The first-order valence-electron chi connectivity index (χ1n) is 6.43. The van der Waals surface area contributed by atoms with Crippen LogP contribution in [0.1, 0.15) is 18.7 Å². The van der Waals surface area contributed by atoms with Gasteiger partial charge in [-0.15, -0.1) is 16.4 Å². The summed E-state index contributed by atoms with van der Waals surface area (Å²) >= 11 is 1.69. The molecule has 3 heterocycles. The maximum Gasteiger partial charge on any atom is 0.268 e. The Morgan fingerprint density at radius 3 is 2.90 bits per heavy atom. The maximum absolute atomic E-state index is 5.30. The Hall–Kier alpha value is -2.08. The van der Waals surface area contributed by atoms with Crippen LogP contribution in [0.2, 0.25) is 0 Å². The number of aromatic nitrogens is 4. The molecule has 0 saturated heterocycles. The van der Waals surface area contributed by atoms with Gasteiger partial charge in [0.1, 0.15) is 5.69 Å². The van der Waals surface area contributed by atoms with Gasteiger partial charge < -0.3 is 4.52 Å². The van der Waals surface area contributed by atoms with E-state index in [9.17, 15) is 0 Å². The predicted octanol–water partition coefficient (Wildman–Crippen LogP) is 3.45. The van der Waals surface area contributed by atoms with Crippen LogP contribution in [0.15, 0.2) is 35.0 Å². The Morgan fingerprint density at radius 1 is 1.25 bits per heavy atom. The number of rotatable bonds is 4. The highest BCUT2D eigenvalue weighted by Crippen LogP contribution is 2.29. The summed E-state index contributed by atoms with van der Waals surface area (Å²) < 4.78 is 5.30. The molecule has 5 nitrogen and oxygen atoms in total. The van der Waals surface area contributed by atoms with Crippen molar-refractivity contribution in [3.05, 3.63) is 35.3 Å². The summed E-state index contributed by atoms with van der Waals surface area (Å²) in [6.07, 6.45) is 2.68. The Bertz CT molecular complexity index is 690. The third kappa shape index (κ3) is 2.75. The Morgan fingerprint density at radius 2 is 2.15 bits per heavy atom. The first-order chi connectivity index (χ1) is 9.72. The highest BCUT2D eigenvalue weighted by molar-refractivity contribution is 7.15. The zero-order chi connectivity index (χ0) is 13.9. The van der Waals surface area contributed by atoms with Crippen LogP contribution >= 0.6 is 11.3 Å². The molecular weight excluding hydrogens is 272 g/mol. The van der Waals surface area contributed by atoms with E-state index in [2.05, 4.69) is 40.3 Å². The number of hydrogen-bond acceptors (Lipinski definition) is 6. The van der Waals surface area contributed by atoms with E-state index in [4.69, 9.17) is 4.52 Å². The van der Waals surface area contributed by atoms with Gasteiger partial charge in [0.05, 0.1) is 4.88 Å². The van der Waals surface area contributed by atoms with Crippen LogP contribution in [0, 0.1) is 5.92 Å². The molecule has 3 aromatic heterocycles. The molecule has 0 amide bonds. The van der Waals surface area contributed by atoms with Gasteiger partial charge in [0.15, 0.2) is 0 Å². The van der Waals surface area contributed by atoms with Gasteiger partial charge >= 0.3 is 0 Å². The van der Waals surface area contributed by atoms with E-state index < -0.39 is 0 Å². The lowest BCUT2D eigenvalue weighted by atomic mass is 10.1. The molecule has 0 aliphatic heterocycles. The molecule has 0 atom stereocenters. The second-order valence-electron chi connectivity index (χ2n) is 4.90. The summed E-state index contributed by atoms with van der Waals surface area (Å²) in [5.74, 6) is 1.64. The summed E-state index contributed by atoms with van der Waals surface area (Å²) in [6.45, 7) is 4.41. The molecule has 0 radical (unpaired) electrons. The van der Waals surface area contributed by atoms with Crippen LogP contribution in [-0.4, -0.2) is 20.3 Å². The fourth-order valence-corrected chi connectivity index (χ4v) is 2.99. The average molecular weight is 286 g/mol. The van der Waals surface area contributed by atoms with Crippen LogP contribution in [0.25, 0.3) is 22.3 Å². The van der Waals surface area contributed by atoms with Crippen molar-refractivity contribution in [2.24, 2.45) is 5.92 Å². The van der Waals surface area contributed by atoms with E-state index in [0.717, 1.165) is 11.3 Å². The van der Waals surface area contributed by atoms with Crippen molar-refractivity contribution in [2.75, 3.05) is 0 Å². The molecule has 0 unspecified atom stereocenters. The molecule has 20 heavy (non-hydrogen) atoms. The normalized spacial score (nSPS) is 11.2. The largest absolute Gasteiger partial charge is 0.333 e. The monoisotopic (exact) mass is 286 g/mol. The molecule has 0 spiro atoms. The molecular formula is C14H14N4OS. The molecule has 0 aliphatic carbocycles. The number of nitrogens with zero attached hydrogens (tertiary/aromatic N) is 4. The van der Waals surface area contributed by atoms with E-state index in [1.807, 2.05) is 6.07 Å². The minimum atomic E-state index is 0.465. The molecule has 0 saturated carbocycles. The van der Waals surface area contributed by atoms with E-state index in [-0.39, 0.29) is 0 Å².